The van der Waals surface area contributed by atoms with Crippen molar-refractivity contribution in [3.8, 4) is 5.75 Å². The lowest BCUT2D eigenvalue weighted by molar-refractivity contribution is -0.961. The molecule has 2 aliphatic heterocycles. The number of carbonyl (C=O) groups excluding carboxylic acids is 1. The summed E-state index contributed by atoms with van der Waals surface area (Å²) in [6, 6.07) is 9.20. The molecule has 2 heterocycles. The van der Waals surface area contributed by atoms with E-state index in [9.17, 15) is 4.79 Å². The van der Waals surface area contributed by atoms with Crippen LogP contribution >= 0.6 is 0 Å². The molecule has 1 aromatic rings. The topological polar surface area (TPSA) is 54.8 Å². The van der Waals surface area contributed by atoms with Crippen LogP contribution in [-0.2, 0) is 0 Å². The molecule has 25 heavy (non-hydrogen) atoms. The number of hydrogen-bond acceptors (Lipinski definition) is 2. The highest BCUT2D eigenvalue weighted by molar-refractivity contribution is 5.89. The smallest absolute Gasteiger partial charge is 0.319 e. The number of urea groups is 1. The van der Waals surface area contributed by atoms with Gasteiger partial charge in [0.15, 0.2) is 0 Å². The van der Waals surface area contributed by atoms with Crippen molar-refractivity contribution in [3.63, 3.8) is 0 Å². The summed E-state index contributed by atoms with van der Waals surface area (Å²) in [5, 5.41) is 6.15. The number of carbonyl (C=O) groups is 1. The predicted octanol–water partition coefficient (Wildman–Crippen LogP) is 2.59. The highest BCUT2D eigenvalue weighted by Crippen LogP contribution is 2.22. The monoisotopic (exact) mass is 346 g/mol. The minimum atomic E-state index is -0.0915. The first-order valence-electron chi connectivity index (χ1n) is 9.85. The third-order valence-electron chi connectivity index (χ3n) is 5.59. The van der Waals surface area contributed by atoms with Gasteiger partial charge in [-0.3, -0.25) is 0 Å². The van der Waals surface area contributed by atoms with Crippen molar-refractivity contribution in [1.82, 2.24) is 5.32 Å². The molecule has 2 bridgehead atoms. The van der Waals surface area contributed by atoms with Crippen molar-refractivity contribution >= 4 is 11.7 Å². The second-order valence-electron chi connectivity index (χ2n) is 7.37. The molecule has 2 saturated heterocycles. The van der Waals surface area contributed by atoms with Crippen LogP contribution in [0.15, 0.2) is 24.3 Å². The number of amides is 2. The number of ether oxygens (including phenoxy) is 1. The van der Waals surface area contributed by atoms with Gasteiger partial charge in [0.2, 0.25) is 0 Å². The van der Waals surface area contributed by atoms with Gasteiger partial charge >= 0.3 is 6.03 Å². The maximum absolute atomic E-state index is 12.4. The second kappa shape index (κ2) is 8.56. The van der Waals surface area contributed by atoms with E-state index in [2.05, 4.69) is 17.6 Å². The SMILES string of the molecule is CCC[NH+]1[C@@H]2CCC[C@H]1CC(NC(=O)Nc1ccc(OCC)cc1)C2. The quantitative estimate of drug-likeness (QED) is 0.742. The first kappa shape index (κ1) is 18.1. The zero-order valence-corrected chi connectivity index (χ0v) is 15.5. The number of hydrogen-bond donors (Lipinski definition) is 3. The molecule has 2 aliphatic rings. The van der Waals surface area contributed by atoms with Crippen molar-refractivity contribution in [1.29, 1.82) is 0 Å². The van der Waals surface area contributed by atoms with Crippen molar-refractivity contribution in [3.05, 3.63) is 24.3 Å². The second-order valence-corrected chi connectivity index (χ2v) is 7.37. The van der Waals surface area contributed by atoms with E-state index in [-0.39, 0.29) is 6.03 Å². The molecule has 0 aromatic heterocycles. The number of benzene rings is 1. The summed E-state index contributed by atoms with van der Waals surface area (Å²) >= 11 is 0. The van der Waals surface area contributed by atoms with Crippen LogP contribution in [0.3, 0.4) is 0 Å². The van der Waals surface area contributed by atoms with Gasteiger partial charge in [0, 0.05) is 24.6 Å². The van der Waals surface area contributed by atoms with Crippen LogP contribution in [0.5, 0.6) is 5.75 Å². The summed E-state index contributed by atoms with van der Waals surface area (Å²) in [4.78, 5) is 14.1. The Morgan fingerprint density at radius 2 is 1.84 bits per heavy atom. The molecule has 1 aromatic carbocycles. The highest BCUT2D eigenvalue weighted by Gasteiger charge is 2.41. The Balaban J connectivity index is 1.51. The molecular weight excluding hydrogens is 314 g/mol. The van der Waals surface area contributed by atoms with Crippen LogP contribution in [0.2, 0.25) is 0 Å². The highest BCUT2D eigenvalue weighted by atomic mass is 16.5. The molecule has 5 heteroatoms. The third-order valence-corrected chi connectivity index (χ3v) is 5.59. The fourth-order valence-electron chi connectivity index (χ4n) is 4.60. The fraction of sp³-hybridized carbons (Fsp3) is 0.650. The molecule has 0 aliphatic carbocycles. The van der Waals surface area contributed by atoms with Crippen molar-refractivity contribution < 1.29 is 14.4 Å². The Kier molecular flexibility index (Phi) is 6.19. The number of quaternary nitrogens is 1. The van der Waals surface area contributed by atoms with Crippen molar-refractivity contribution in [2.24, 2.45) is 0 Å². The Morgan fingerprint density at radius 3 is 2.44 bits per heavy atom. The van der Waals surface area contributed by atoms with Gasteiger partial charge in [-0.2, -0.15) is 0 Å². The zero-order valence-electron chi connectivity index (χ0n) is 15.5. The van der Waals surface area contributed by atoms with Crippen LogP contribution in [0.4, 0.5) is 10.5 Å². The molecule has 5 nitrogen and oxygen atoms in total. The molecule has 3 N–H and O–H groups in total. The normalized spacial score (nSPS) is 28.2. The van der Waals surface area contributed by atoms with E-state index < -0.39 is 0 Å². The van der Waals surface area contributed by atoms with Crippen LogP contribution in [0.1, 0.15) is 52.4 Å². The number of anilines is 1. The molecule has 0 radical (unpaired) electrons. The lowest BCUT2D eigenvalue weighted by atomic mass is 9.81. The van der Waals surface area contributed by atoms with Gasteiger partial charge in [-0.05, 0) is 56.9 Å². The summed E-state index contributed by atoms with van der Waals surface area (Å²) in [5.74, 6) is 0.826. The summed E-state index contributed by atoms with van der Waals surface area (Å²) < 4.78 is 5.43. The van der Waals surface area contributed by atoms with Crippen molar-refractivity contribution in [2.45, 2.75) is 70.5 Å². The Morgan fingerprint density at radius 1 is 1.16 bits per heavy atom. The van der Waals surface area contributed by atoms with E-state index in [1.807, 2.05) is 31.2 Å². The predicted molar refractivity (Wildman–Crippen MR) is 100 cm³/mol. The van der Waals surface area contributed by atoms with Gasteiger partial charge in [-0.1, -0.05) is 6.92 Å². The standard InChI is InChI=1S/C20H31N3O2/c1-3-12-23-17-6-5-7-18(23)14-16(13-17)22-20(24)21-15-8-10-19(11-9-15)25-4-2/h8-11,16-18H,3-7,12-14H2,1-2H3,(H2,21,22,24)/p+1/t16?,17-,18+. The van der Waals surface area contributed by atoms with E-state index in [0.717, 1.165) is 36.4 Å². The van der Waals surface area contributed by atoms with Gasteiger partial charge in [0.1, 0.15) is 5.75 Å². The Bertz CT molecular complexity index is 547. The average Bonchev–Trinajstić information content (AvgIpc) is 2.58. The molecular formula is C20H32N3O2+. The number of rotatable bonds is 6. The number of fused-ring (bicyclic) bond motifs is 2. The van der Waals surface area contributed by atoms with Crippen LogP contribution < -0.4 is 20.3 Å². The van der Waals surface area contributed by atoms with Crippen LogP contribution in [0.25, 0.3) is 0 Å². The van der Waals surface area contributed by atoms with E-state index >= 15 is 0 Å². The third kappa shape index (κ3) is 4.66. The first-order chi connectivity index (χ1) is 12.2. The van der Waals surface area contributed by atoms with Gasteiger partial charge in [-0.15, -0.1) is 0 Å². The van der Waals surface area contributed by atoms with E-state index in [0.29, 0.717) is 12.6 Å². The first-order valence-corrected chi connectivity index (χ1v) is 9.85. The van der Waals surface area contributed by atoms with E-state index in [4.69, 9.17) is 4.74 Å². The van der Waals surface area contributed by atoms with Crippen LogP contribution in [0, 0.1) is 0 Å². The minimum absolute atomic E-state index is 0.0915. The summed E-state index contributed by atoms with van der Waals surface area (Å²) in [7, 11) is 0. The van der Waals surface area contributed by atoms with Gasteiger partial charge < -0.3 is 20.3 Å². The summed E-state index contributed by atoms with van der Waals surface area (Å²) in [5.41, 5.74) is 0.801. The Hall–Kier alpha value is -1.75. The molecule has 0 saturated carbocycles. The summed E-state index contributed by atoms with van der Waals surface area (Å²) in [6.45, 7) is 6.16. The molecule has 2 amide bonds. The van der Waals surface area contributed by atoms with Crippen molar-refractivity contribution in [2.75, 3.05) is 18.5 Å². The van der Waals surface area contributed by atoms with Gasteiger partial charge in [0.05, 0.1) is 25.2 Å². The molecule has 2 unspecified atom stereocenters. The molecule has 2 fully saturated rings. The molecule has 4 atom stereocenters. The molecule has 0 spiro atoms. The zero-order chi connectivity index (χ0) is 17.6. The minimum Gasteiger partial charge on any atom is -0.494 e. The molecule has 138 valence electrons. The lowest BCUT2D eigenvalue weighted by Gasteiger charge is -2.45. The molecule has 3 rings (SSSR count). The largest absolute Gasteiger partial charge is 0.494 e. The lowest BCUT2D eigenvalue weighted by Crippen LogP contribution is -3.21. The van der Waals surface area contributed by atoms with Crippen LogP contribution in [-0.4, -0.2) is 37.3 Å². The Labute approximate surface area is 151 Å². The fourth-order valence-corrected chi connectivity index (χ4v) is 4.60. The number of piperidine rings is 2. The van der Waals surface area contributed by atoms with Gasteiger partial charge in [0.25, 0.3) is 0 Å². The van der Waals surface area contributed by atoms with Gasteiger partial charge in [-0.25, -0.2) is 4.79 Å². The average molecular weight is 346 g/mol. The number of nitrogens with one attached hydrogen (secondary N) is 3. The van der Waals surface area contributed by atoms with E-state index in [1.165, 1.54) is 32.2 Å². The maximum Gasteiger partial charge on any atom is 0.319 e. The van der Waals surface area contributed by atoms with E-state index in [1.54, 1.807) is 4.90 Å². The maximum atomic E-state index is 12.4. The summed E-state index contributed by atoms with van der Waals surface area (Å²) in [6.07, 6.45) is 7.45.